The van der Waals surface area contributed by atoms with Crippen LogP contribution in [0.2, 0.25) is 0 Å². The molecule has 0 amide bonds. The largest absolute Gasteiger partial charge is 0.272 e. The number of hydrogen-bond acceptors (Lipinski definition) is 5. The minimum Gasteiger partial charge on any atom is -0.272 e. The molecule has 0 unspecified atom stereocenters. The summed E-state index contributed by atoms with van der Waals surface area (Å²) in [5, 5.41) is 9.73. The van der Waals surface area contributed by atoms with Crippen LogP contribution in [0.1, 0.15) is 0 Å². The van der Waals surface area contributed by atoms with Crippen molar-refractivity contribution in [2.75, 3.05) is 0 Å². The van der Waals surface area contributed by atoms with E-state index in [-0.39, 0.29) is 0 Å². The van der Waals surface area contributed by atoms with E-state index in [1.807, 2.05) is 36.5 Å². The van der Waals surface area contributed by atoms with Crippen molar-refractivity contribution < 1.29 is 0 Å². The van der Waals surface area contributed by atoms with Gasteiger partial charge in [-0.05, 0) is 11.9 Å². The van der Waals surface area contributed by atoms with Crippen LogP contribution in [0, 0.1) is 0 Å². The molecular weight excluding hydrogens is 240 g/mol. The van der Waals surface area contributed by atoms with Crippen molar-refractivity contribution in [3.8, 4) is 11.3 Å². The highest BCUT2D eigenvalue weighted by Crippen LogP contribution is 2.24. The van der Waals surface area contributed by atoms with Crippen LogP contribution in [0.3, 0.4) is 0 Å². The van der Waals surface area contributed by atoms with Gasteiger partial charge in [-0.1, -0.05) is 41.7 Å². The van der Waals surface area contributed by atoms with Crippen molar-refractivity contribution >= 4 is 28.2 Å². The second kappa shape index (κ2) is 3.89. The van der Waals surface area contributed by atoms with Gasteiger partial charge in [0, 0.05) is 5.56 Å². The van der Waals surface area contributed by atoms with E-state index in [1.54, 1.807) is 4.52 Å². The number of imidazole rings is 1. The monoisotopic (exact) mass is 248 g/mol. The predicted molar refractivity (Wildman–Crippen MR) is 66.3 cm³/mol. The molecule has 2 N–H and O–H groups in total. The van der Waals surface area contributed by atoms with Crippen LogP contribution in [0.4, 0.5) is 0 Å². The minimum atomic E-state index is 0.821. The maximum Gasteiger partial charge on any atom is 0.213 e. The molecule has 3 aromatic rings. The Morgan fingerprint density at radius 2 is 2.06 bits per heavy atom. The lowest BCUT2D eigenvalue weighted by Crippen LogP contribution is -1.82. The molecular formula is C10H8N4S2. The van der Waals surface area contributed by atoms with E-state index >= 15 is 0 Å². The molecule has 16 heavy (non-hydrogen) atoms. The molecule has 0 spiro atoms. The van der Waals surface area contributed by atoms with Gasteiger partial charge in [0.25, 0.3) is 0 Å². The van der Waals surface area contributed by atoms with Crippen LogP contribution in [-0.2, 0) is 0 Å². The number of aromatic nitrogens is 3. The van der Waals surface area contributed by atoms with E-state index in [4.69, 9.17) is 5.14 Å². The van der Waals surface area contributed by atoms with Crippen LogP contribution in [0.25, 0.3) is 16.2 Å². The van der Waals surface area contributed by atoms with Crippen molar-refractivity contribution in [2.24, 2.45) is 5.14 Å². The summed E-state index contributed by atoms with van der Waals surface area (Å²) in [5.74, 6) is 0. The van der Waals surface area contributed by atoms with E-state index in [2.05, 4.69) is 10.1 Å². The van der Waals surface area contributed by atoms with Gasteiger partial charge in [-0.25, -0.2) is 9.50 Å². The van der Waals surface area contributed by atoms with Crippen molar-refractivity contribution in [1.82, 2.24) is 14.6 Å². The Hall–Kier alpha value is -1.37. The molecule has 0 saturated carbocycles. The highest BCUT2D eigenvalue weighted by atomic mass is 32.2. The third-order valence-corrected chi connectivity index (χ3v) is 3.73. The third kappa shape index (κ3) is 1.60. The van der Waals surface area contributed by atoms with E-state index < -0.39 is 0 Å². The van der Waals surface area contributed by atoms with Crippen LogP contribution >= 0.6 is 23.3 Å². The molecule has 0 aliphatic carbocycles. The molecule has 80 valence electrons. The summed E-state index contributed by atoms with van der Waals surface area (Å²) in [5.41, 5.74) is 2.04. The average molecular weight is 248 g/mol. The van der Waals surface area contributed by atoms with Crippen LogP contribution in [0.5, 0.6) is 0 Å². The van der Waals surface area contributed by atoms with Gasteiger partial charge in [0.1, 0.15) is 0 Å². The smallest absolute Gasteiger partial charge is 0.213 e. The zero-order chi connectivity index (χ0) is 11.0. The topological polar surface area (TPSA) is 56.2 Å². The minimum absolute atomic E-state index is 0.821. The lowest BCUT2D eigenvalue weighted by Gasteiger charge is -1.92. The standard InChI is InChI=1S/C10H8N4S2/c11-16-10-13-14-6-8(12-9(14)15-10)7-4-2-1-3-5-7/h1-6H,11H2. The number of hydrogen-bond donors (Lipinski definition) is 1. The van der Waals surface area contributed by atoms with E-state index in [0.717, 1.165) is 32.5 Å². The lowest BCUT2D eigenvalue weighted by molar-refractivity contribution is 0.916. The van der Waals surface area contributed by atoms with Gasteiger partial charge in [0.05, 0.1) is 11.9 Å². The van der Waals surface area contributed by atoms with E-state index in [0.29, 0.717) is 0 Å². The van der Waals surface area contributed by atoms with Gasteiger partial charge in [0.15, 0.2) is 4.34 Å². The molecule has 4 nitrogen and oxygen atoms in total. The maximum absolute atomic E-state index is 5.45. The number of nitrogens with zero attached hydrogens (tertiary/aromatic N) is 3. The molecule has 0 aliphatic rings. The molecule has 0 bridgehead atoms. The summed E-state index contributed by atoms with van der Waals surface area (Å²) in [6.45, 7) is 0. The van der Waals surface area contributed by atoms with Crippen LogP contribution in [0.15, 0.2) is 40.9 Å². The zero-order valence-electron chi connectivity index (χ0n) is 8.20. The highest BCUT2D eigenvalue weighted by Gasteiger charge is 2.08. The Morgan fingerprint density at radius 3 is 2.75 bits per heavy atom. The first kappa shape index (κ1) is 9.83. The second-order valence-corrected chi connectivity index (χ2v) is 5.04. The molecule has 0 aliphatic heterocycles. The quantitative estimate of drug-likeness (QED) is 0.708. The molecule has 3 rings (SSSR count). The molecule has 6 heteroatoms. The summed E-state index contributed by atoms with van der Waals surface area (Å²) in [7, 11) is 0. The number of fused-ring (bicyclic) bond motifs is 1. The van der Waals surface area contributed by atoms with Crippen LogP contribution in [-0.4, -0.2) is 14.6 Å². The SMILES string of the molecule is NSc1nn2cc(-c3ccccc3)nc2s1. The summed E-state index contributed by atoms with van der Waals surface area (Å²) in [4.78, 5) is 5.37. The maximum atomic E-state index is 5.45. The molecule has 2 heterocycles. The number of rotatable bonds is 2. The summed E-state index contributed by atoms with van der Waals surface area (Å²) in [6.07, 6.45) is 1.92. The lowest BCUT2D eigenvalue weighted by atomic mass is 10.2. The van der Waals surface area contributed by atoms with Gasteiger partial charge < -0.3 is 0 Å². The Kier molecular flexibility index (Phi) is 2.39. The molecule has 0 atom stereocenters. The van der Waals surface area contributed by atoms with E-state index in [1.165, 1.54) is 11.3 Å². The van der Waals surface area contributed by atoms with Crippen LogP contribution < -0.4 is 5.14 Å². The molecule has 2 aromatic heterocycles. The number of benzene rings is 1. The number of nitrogens with two attached hydrogens (primary N) is 1. The summed E-state index contributed by atoms with van der Waals surface area (Å²) >= 11 is 2.64. The highest BCUT2D eigenvalue weighted by molar-refractivity contribution is 7.98. The van der Waals surface area contributed by atoms with Gasteiger partial charge >= 0.3 is 0 Å². The van der Waals surface area contributed by atoms with Crippen molar-refractivity contribution in [3.63, 3.8) is 0 Å². The van der Waals surface area contributed by atoms with Gasteiger partial charge in [-0.2, -0.15) is 0 Å². The van der Waals surface area contributed by atoms with E-state index in [9.17, 15) is 0 Å². The molecule has 0 radical (unpaired) electrons. The molecule has 1 aromatic carbocycles. The van der Waals surface area contributed by atoms with Crippen molar-refractivity contribution in [3.05, 3.63) is 36.5 Å². The summed E-state index contributed by atoms with van der Waals surface area (Å²) < 4.78 is 2.59. The Balaban J connectivity index is 2.10. The Labute approximate surface area is 100 Å². The van der Waals surface area contributed by atoms with Gasteiger partial charge in [-0.3, -0.25) is 5.14 Å². The fourth-order valence-electron chi connectivity index (χ4n) is 1.48. The van der Waals surface area contributed by atoms with Gasteiger partial charge in [-0.15, -0.1) is 5.10 Å². The average Bonchev–Trinajstić information content (AvgIpc) is 2.87. The third-order valence-electron chi connectivity index (χ3n) is 2.20. The fourth-order valence-corrected chi connectivity index (χ4v) is 2.64. The molecule has 0 fully saturated rings. The predicted octanol–water partition coefficient (Wildman–Crippen LogP) is 2.42. The second-order valence-electron chi connectivity index (χ2n) is 3.21. The zero-order valence-corrected chi connectivity index (χ0v) is 9.83. The Bertz CT molecular complexity index is 583. The Morgan fingerprint density at radius 1 is 1.25 bits per heavy atom. The first-order valence-electron chi connectivity index (χ1n) is 4.65. The molecule has 0 saturated heterocycles. The van der Waals surface area contributed by atoms with Crippen molar-refractivity contribution in [1.29, 1.82) is 0 Å². The normalized spacial score (nSPS) is 11.1. The first-order chi connectivity index (χ1) is 7.86. The first-order valence-corrected chi connectivity index (χ1v) is 6.35. The van der Waals surface area contributed by atoms with Gasteiger partial charge in [0.2, 0.25) is 4.96 Å². The van der Waals surface area contributed by atoms with Crippen molar-refractivity contribution in [2.45, 2.75) is 4.34 Å². The fraction of sp³-hybridized carbons (Fsp3) is 0. The summed E-state index contributed by atoms with van der Waals surface area (Å²) in [6, 6.07) is 10.0.